The first kappa shape index (κ1) is 22.1. The van der Waals surface area contributed by atoms with Crippen LogP contribution < -0.4 is 16.1 Å². The van der Waals surface area contributed by atoms with Crippen molar-refractivity contribution in [3.05, 3.63) is 104 Å². The third kappa shape index (κ3) is 3.92. The van der Waals surface area contributed by atoms with Crippen molar-refractivity contribution in [2.75, 3.05) is 0 Å². The van der Waals surface area contributed by atoms with Gasteiger partial charge in [-0.2, -0.15) is 5.26 Å². The van der Waals surface area contributed by atoms with Gasteiger partial charge in [0.05, 0.1) is 17.0 Å². The van der Waals surface area contributed by atoms with Gasteiger partial charge in [0.2, 0.25) is 5.88 Å². The first-order valence-electron chi connectivity index (χ1n) is 10.4. The van der Waals surface area contributed by atoms with Crippen LogP contribution in [0.1, 0.15) is 28.4 Å². The molecule has 6 nitrogen and oxygen atoms in total. The van der Waals surface area contributed by atoms with Gasteiger partial charge in [0, 0.05) is 21.4 Å². The minimum absolute atomic E-state index is 0.0446. The molecular weight excluding hydrogens is 470 g/mol. The molecule has 2 N–H and O–H groups in total. The van der Waals surface area contributed by atoms with Crippen LogP contribution in [0.15, 0.2) is 85.2 Å². The SMILES string of the molecule is Cc1ccc2nc(Sc3ccc(Cl)cc3)c(C3C(C#N)=C(N)Oc4cc(C)oc(=O)c43)cc2c1. The van der Waals surface area contributed by atoms with E-state index in [0.29, 0.717) is 21.4 Å². The predicted octanol–water partition coefficient (Wildman–Crippen LogP) is 5.83. The van der Waals surface area contributed by atoms with Crippen LogP contribution in [-0.4, -0.2) is 4.98 Å². The van der Waals surface area contributed by atoms with E-state index in [1.165, 1.54) is 11.8 Å². The Morgan fingerprint density at radius 3 is 2.62 bits per heavy atom. The smallest absolute Gasteiger partial charge is 0.343 e. The van der Waals surface area contributed by atoms with E-state index in [-0.39, 0.29) is 22.8 Å². The predicted molar refractivity (Wildman–Crippen MR) is 131 cm³/mol. The third-order valence-corrected chi connectivity index (χ3v) is 6.84. The number of pyridine rings is 1. The number of aryl methyl sites for hydroxylation is 2. The maximum atomic E-state index is 13.0. The normalized spacial score (nSPS) is 15.1. The molecule has 0 spiro atoms. The minimum atomic E-state index is -0.794. The van der Waals surface area contributed by atoms with Gasteiger partial charge < -0.3 is 14.9 Å². The third-order valence-electron chi connectivity index (χ3n) is 5.56. The van der Waals surface area contributed by atoms with E-state index in [1.807, 2.05) is 43.3 Å². The van der Waals surface area contributed by atoms with Crippen LogP contribution in [0.3, 0.4) is 0 Å². The second-order valence-corrected chi connectivity index (χ2v) is 9.48. The number of nitriles is 1. The second-order valence-electron chi connectivity index (χ2n) is 7.98. The van der Waals surface area contributed by atoms with E-state index in [4.69, 9.17) is 31.5 Å². The lowest BCUT2D eigenvalue weighted by atomic mass is 9.84. The monoisotopic (exact) mass is 487 g/mol. The van der Waals surface area contributed by atoms with Gasteiger partial charge in [-0.05, 0) is 61.9 Å². The van der Waals surface area contributed by atoms with Crippen molar-refractivity contribution in [2.45, 2.75) is 29.7 Å². The molecule has 0 amide bonds. The number of hydrogen-bond donors (Lipinski definition) is 1. The lowest BCUT2D eigenvalue weighted by Gasteiger charge is -2.26. The number of benzene rings is 2. The molecule has 168 valence electrons. The van der Waals surface area contributed by atoms with Gasteiger partial charge >= 0.3 is 5.63 Å². The zero-order valence-electron chi connectivity index (χ0n) is 18.3. The molecule has 0 saturated carbocycles. The number of fused-ring (bicyclic) bond motifs is 2. The summed E-state index contributed by atoms with van der Waals surface area (Å²) in [5.74, 6) is -0.171. The number of nitrogens with zero attached hydrogens (tertiary/aromatic N) is 2. The minimum Gasteiger partial charge on any atom is -0.440 e. The van der Waals surface area contributed by atoms with E-state index in [1.54, 1.807) is 25.1 Å². The summed E-state index contributed by atoms with van der Waals surface area (Å²) in [5.41, 5.74) is 8.46. The maximum absolute atomic E-state index is 13.0. The molecule has 2 aromatic heterocycles. The van der Waals surface area contributed by atoms with Crippen LogP contribution in [0.25, 0.3) is 10.9 Å². The number of allylic oxidation sites excluding steroid dienone is 1. The Labute approximate surface area is 204 Å². The second kappa shape index (κ2) is 8.56. The van der Waals surface area contributed by atoms with Gasteiger partial charge in [-0.15, -0.1) is 0 Å². The Morgan fingerprint density at radius 2 is 1.88 bits per heavy atom. The Balaban J connectivity index is 1.80. The van der Waals surface area contributed by atoms with Gasteiger partial charge in [-0.1, -0.05) is 35.0 Å². The number of rotatable bonds is 3. The van der Waals surface area contributed by atoms with Crippen molar-refractivity contribution in [3.63, 3.8) is 0 Å². The molecule has 0 fully saturated rings. The Kier molecular flexibility index (Phi) is 5.56. The average molecular weight is 488 g/mol. The highest BCUT2D eigenvalue weighted by molar-refractivity contribution is 7.99. The van der Waals surface area contributed by atoms with Crippen molar-refractivity contribution in [1.82, 2.24) is 4.98 Å². The van der Waals surface area contributed by atoms with E-state index < -0.39 is 11.5 Å². The van der Waals surface area contributed by atoms with Gasteiger partial charge in [0.25, 0.3) is 0 Å². The lowest BCUT2D eigenvalue weighted by molar-refractivity contribution is 0.371. The molecule has 34 heavy (non-hydrogen) atoms. The number of ether oxygens (including phenoxy) is 1. The van der Waals surface area contributed by atoms with Gasteiger partial charge in [-0.25, -0.2) is 9.78 Å². The van der Waals surface area contributed by atoms with Crippen molar-refractivity contribution >= 4 is 34.3 Å². The summed E-state index contributed by atoms with van der Waals surface area (Å²) < 4.78 is 11.0. The summed E-state index contributed by atoms with van der Waals surface area (Å²) >= 11 is 7.48. The highest BCUT2D eigenvalue weighted by Crippen LogP contribution is 2.45. The van der Waals surface area contributed by atoms with E-state index in [9.17, 15) is 10.1 Å². The molecule has 0 bridgehead atoms. The summed E-state index contributed by atoms with van der Waals surface area (Å²) in [7, 11) is 0. The topological polar surface area (TPSA) is 102 Å². The van der Waals surface area contributed by atoms with Crippen molar-refractivity contribution < 1.29 is 9.15 Å². The first-order chi connectivity index (χ1) is 16.3. The number of hydrogen-bond acceptors (Lipinski definition) is 7. The van der Waals surface area contributed by atoms with Crippen LogP contribution in [0, 0.1) is 25.2 Å². The molecule has 5 rings (SSSR count). The van der Waals surface area contributed by atoms with Gasteiger partial charge in [-0.3, -0.25) is 0 Å². The molecule has 0 radical (unpaired) electrons. The molecule has 1 atom stereocenters. The Hall–Kier alpha value is -3.73. The van der Waals surface area contributed by atoms with Crippen molar-refractivity contribution in [1.29, 1.82) is 5.26 Å². The molecule has 4 aromatic rings. The molecule has 1 aliphatic heterocycles. The summed E-state index contributed by atoms with van der Waals surface area (Å²) in [5, 5.41) is 12.1. The van der Waals surface area contributed by atoms with E-state index in [0.717, 1.165) is 21.4 Å². The fraction of sp³-hybridized carbons (Fsp3) is 0.115. The molecular formula is C26H18ClN3O3S. The molecule has 0 aliphatic carbocycles. The number of nitrogens with two attached hydrogens (primary N) is 1. The first-order valence-corrected chi connectivity index (χ1v) is 11.6. The molecule has 8 heteroatoms. The largest absolute Gasteiger partial charge is 0.440 e. The van der Waals surface area contributed by atoms with Crippen LogP contribution >= 0.6 is 23.4 Å². The zero-order valence-corrected chi connectivity index (χ0v) is 19.8. The van der Waals surface area contributed by atoms with Crippen LogP contribution in [0.4, 0.5) is 0 Å². The van der Waals surface area contributed by atoms with E-state index >= 15 is 0 Å². The fourth-order valence-corrected chi connectivity index (χ4v) is 5.09. The molecule has 2 aromatic carbocycles. The van der Waals surface area contributed by atoms with Gasteiger partial charge in [0.15, 0.2) is 0 Å². The Morgan fingerprint density at radius 1 is 1.12 bits per heavy atom. The summed E-state index contributed by atoms with van der Waals surface area (Å²) in [6, 6.07) is 19.0. The van der Waals surface area contributed by atoms with Gasteiger partial charge in [0.1, 0.15) is 28.2 Å². The van der Waals surface area contributed by atoms with Crippen molar-refractivity contribution in [3.8, 4) is 11.8 Å². The highest BCUT2D eigenvalue weighted by Gasteiger charge is 2.36. The zero-order chi connectivity index (χ0) is 24.0. The average Bonchev–Trinajstić information content (AvgIpc) is 2.79. The molecule has 1 unspecified atom stereocenters. The number of aromatic nitrogens is 1. The fourth-order valence-electron chi connectivity index (χ4n) is 4.03. The van der Waals surface area contributed by atoms with E-state index in [2.05, 4.69) is 6.07 Å². The van der Waals surface area contributed by atoms with Crippen LogP contribution in [0.2, 0.25) is 5.02 Å². The molecule has 1 aliphatic rings. The molecule has 0 saturated heterocycles. The summed E-state index contributed by atoms with van der Waals surface area (Å²) in [4.78, 5) is 18.8. The summed E-state index contributed by atoms with van der Waals surface area (Å²) in [6.45, 7) is 3.65. The maximum Gasteiger partial charge on any atom is 0.343 e. The summed E-state index contributed by atoms with van der Waals surface area (Å²) in [6.07, 6.45) is 0. The quantitative estimate of drug-likeness (QED) is 0.388. The van der Waals surface area contributed by atoms with Crippen molar-refractivity contribution in [2.24, 2.45) is 5.73 Å². The number of halogens is 1. The lowest BCUT2D eigenvalue weighted by Crippen LogP contribution is -2.26. The van der Waals surface area contributed by atoms with Crippen LogP contribution in [-0.2, 0) is 0 Å². The Bertz CT molecular complexity index is 1590. The highest BCUT2D eigenvalue weighted by atomic mass is 35.5. The molecule has 3 heterocycles. The van der Waals surface area contributed by atoms with Crippen LogP contribution in [0.5, 0.6) is 5.75 Å². The standard InChI is InChI=1S/C26H18ClN3O3S/c1-13-3-8-20-15(9-13)11-18(25(30-20)34-17-6-4-16(27)5-7-17)22-19(12-28)24(29)33-21-10-14(2)32-26(31)23(21)22/h3-11,22H,29H2,1-2H3.